The van der Waals surface area contributed by atoms with Crippen molar-refractivity contribution in [3.8, 4) is 0 Å². The first-order valence-corrected chi connectivity index (χ1v) is 7.75. The fourth-order valence-corrected chi connectivity index (χ4v) is 3.24. The lowest BCUT2D eigenvalue weighted by Gasteiger charge is -2.39. The minimum absolute atomic E-state index is 0.301. The van der Waals surface area contributed by atoms with Crippen LogP contribution in [0.3, 0.4) is 0 Å². The van der Waals surface area contributed by atoms with Gasteiger partial charge in [-0.3, -0.25) is 4.90 Å². The van der Waals surface area contributed by atoms with Gasteiger partial charge in [-0.15, -0.1) is 0 Å². The second kappa shape index (κ2) is 8.08. The molecule has 2 atom stereocenters. The van der Waals surface area contributed by atoms with Crippen LogP contribution < -0.4 is 5.73 Å². The van der Waals surface area contributed by atoms with E-state index in [1.54, 1.807) is 0 Å². The second-order valence-electron chi connectivity index (χ2n) is 5.56. The molecule has 106 valence electrons. The van der Waals surface area contributed by atoms with Crippen molar-refractivity contribution >= 4 is 17.2 Å². The molecule has 1 aliphatic rings. The molecule has 18 heavy (non-hydrogen) atoms. The summed E-state index contributed by atoms with van der Waals surface area (Å²) in [6.07, 6.45) is 3.66. The molecule has 1 saturated heterocycles. The Bertz CT molecular complexity index is 249. The third kappa shape index (κ3) is 4.82. The molecule has 0 aromatic carbocycles. The van der Waals surface area contributed by atoms with Crippen LogP contribution in [0.2, 0.25) is 0 Å². The molecule has 1 aliphatic heterocycles. The highest BCUT2D eigenvalue weighted by molar-refractivity contribution is 7.80. The number of piperazine rings is 1. The summed E-state index contributed by atoms with van der Waals surface area (Å²) in [7, 11) is 0. The van der Waals surface area contributed by atoms with E-state index in [2.05, 4.69) is 30.6 Å². The Balaban J connectivity index is 2.34. The molecule has 1 heterocycles. The van der Waals surface area contributed by atoms with Crippen molar-refractivity contribution in [1.82, 2.24) is 9.80 Å². The predicted octanol–water partition coefficient (Wildman–Crippen LogP) is 2.10. The van der Waals surface area contributed by atoms with E-state index >= 15 is 0 Å². The number of hydrogen-bond donors (Lipinski definition) is 1. The molecular weight excluding hydrogens is 242 g/mol. The lowest BCUT2D eigenvalue weighted by atomic mass is 10.0. The van der Waals surface area contributed by atoms with E-state index in [4.69, 9.17) is 18.0 Å². The number of nitrogens with zero attached hydrogens (tertiary/aromatic N) is 2. The van der Waals surface area contributed by atoms with Crippen LogP contribution in [-0.4, -0.2) is 53.6 Å². The standard InChI is InChI=1S/C14H29N3S/c1-4-6-12(3)11-16-7-9-17(10-8-16)13(5-2)14(15)18/h12-13H,4-11H2,1-3H3,(H2,15,18). The average Bonchev–Trinajstić information content (AvgIpc) is 2.32. The van der Waals surface area contributed by atoms with Gasteiger partial charge in [0.2, 0.25) is 0 Å². The van der Waals surface area contributed by atoms with Gasteiger partial charge < -0.3 is 10.6 Å². The minimum Gasteiger partial charge on any atom is -0.392 e. The van der Waals surface area contributed by atoms with Gasteiger partial charge in [-0.25, -0.2) is 0 Å². The summed E-state index contributed by atoms with van der Waals surface area (Å²) in [5.41, 5.74) is 5.81. The summed E-state index contributed by atoms with van der Waals surface area (Å²) in [4.78, 5) is 5.69. The fourth-order valence-electron chi connectivity index (χ4n) is 2.92. The number of thiocarbonyl (C=S) groups is 1. The van der Waals surface area contributed by atoms with Crippen LogP contribution in [0, 0.1) is 5.92 Å². The fraction of sp³-hybridized carbons (Fsp3) is 0.929. The molecule has 3 nitrogen and oxygen atoms in total. The third-order valence-electron chi connectivity index (χ3n) is 3.91. The Morgan fingerprint density at radius 3 is 2.28 bits per heavy atom. The van der Waals surface area contributed by atoms with E-state index in [1.807, 2.05) is 0 Å². The summed E-state index contributed by atoms with van der Waals surface area (Å²) in [6, 6.07) is 0.301. The molecule has 0 bridgehead atoms. The zero-order valence-electron chi connectivity index (χ0n) is 12.2. The van der Waals surface area contributed by atoms with Crippen molar-refractivity contribution in [3.63, 3.8) is 0 Å². The summed E-state index contributed by atoms with van der Waals surface area (Å²) < 4.78 is 0. The van der Waals surface area contributed by atoms with Crippen molar-refractivity contribution in [1.29, 1.82) is 0 Å². The summed E-state index contributed by atoms with van der Waals surface area (Å²) in [5.74, 6) is 0.819. The molecular formula is C14H29N3S. The Morgan fingerprint density at radius 2 is 1.83 bits per heavy atom. The molecule has 2 unspecified atom stereocenters. The van der Waals surface area contributed by atoms with E-state index in [9.17, 15) is 0 Å². The Morgan fingerprint density at radius 1 is 1.22 bits per heavy atom. The number of hydrogen-bond acceptors (Lipinski definition) is 3. The second-order valence-corrected chi connectivity index (χ2v) is 6.03. The van der Waals surface area contributed by atoms with E-state index in [0.29, 0.717) is 11.0 Å². The lowest BCUT2D eigenvalue weighted by molar-refractivity contribution is 0.105. The molecule has 1 rings (SSSR count). The molecule has 0 amide bonds. The first kappa shape index (κ1) is 15.9. The van der Waals surface area contributed by atoms with Gasteiger partial charge in [0.25, 0.3) is 0 Å². The SMILES string of the molecule is CCCC(C)CN1CCN(C(CC)C(N)=S)CC1. The monoisotopic (exact) mass is 271 g/mol. The highest BCUT2D eigenvalue weighted by Crippen LogP contribution is 2.13. The Labute approximate surface area is 118 Å². The minimum atomic E-state index is 0.301. The van der Waals surface area contributed by atoms with E-state index < -0.39 is 0 Å². The van der Waals surface area contributed by atoms with Crippen LogP contribution in [0.25, 0.3) is 0 Å². The largest absolute Gasteiger partial charge is 0.392 e. The van der Waals surface area contributed by atoms with E-state index in [1.165, 1.54) is 19.4 Å². The first-order chi connectivity index (χ1) is 8.58. The maximum absolute atomic E-state index is 5.81. The maximum Gasteiger partial charge on any atom is 0.0901 e. The predicted molar refractivity (Wildman–Crippen MR) is 82.9 cm³/mol. The molecule has 1 fully saturated rings. The summed E-state index contributed by atoms with van der Waals surface area (Å²) in [6.45, 7) is 12.6. The van der Waals surface area contributed by atoms with E-state index in [-0.39, 0.29) is 0 Å². The molecule has 0 aromatic rings. The van der Waals surface area contributed by atoms with Crippen molar-refractivity contribution < 1.29 is 0 Å². The number of nitrogens with two attached hydrogens (primary N) is 1. The van der Waals surface area contributed by atoms with Crippen LogP contribution in [0.5, 0.6) is 0 Å². The van der Waals surface area contributed by atoms with Gasteiger partial charge in [-0.2, -0.15) is 0 Å². The smallest absolute Gasteiger partial charge is 0.0901 e. The maximum atomic E-state index is 5.81. The molecule has 2 N–H and O–H groups in total. The van der Waals surface area contributed by atoms with Crippen molar-refractivity contribution in [3.05, 3.63) is 0 Å². The van der Waals surface area contributed by atoms with Crippen molar-refractivity contribution in [2.75, 3.05) is 32.7 Å². The molecule has 0 aliphatic carbocycles. The molecule has 0 aromatic heterocycles. The van der Waals surface area contributed by atoms with Crippen molar-refractivity contribution in [2.24, 2.45) is 11.7 Å². The molecule has 4 heteroatoms. The quantitative estimate of drug-likeness (QED) is 0.719. The lowest BCUT2D eigenvalue weighted by Crippen LogP contribution is -2.54. The Hall–Kier alpha value is -0.190. The van der Waals surface area contributed by atoms with Gasteiger partial charge in [-0.05, 0) is 18.8 Å². The molecule has 0 spiro atoms. The van der Waals surface area contributed by atoms with Crippen molar-refractivity contribution in [2.45, 2.75) is 46.1 Å². The van der Waals surface area contributed by atoms with Gasteiger partial charge in [0, 0.05) is 32.7 Å². The molecule has 0 saturated carbocycles. The average molecular weight is 271 g/mol. The van der Waals surface area contributed by atoms with Crippen LogP contribution >= 0.6 is 12.2 Å². The Kier molecular flexibility index (Phi) is 7.12. The van der Waals surface area contributed by atoms with Gasteiger partial charge in [0.15, 0.2) is 0 Å². The zero-order valence-corrected chi connectivity index (χ0v) is 13.0. The normalized spacial score (nSPS) is 21.7. The zero-order chi connectivity index (χ0) is 13.5. The van der Waals surface area contributed by atoms with Crippen LogP contribution in [0.15, 0.2) is 0 Å². The third-order valence-corrected chi connectivity index (χ3v) is 4.19. The van der Waals surface area contributed by atoms with Gasteiger partial charge in [0.1, 0.15) is 0 Å². The molecule has 0 radical (unpaired) electrons. The van der Waals surface area contributed by atoms with Crippen LogP contribution in [-0.2, 0) is 0 Å². The highest BCUT2D eigenvalue weighted by atomic mass is 32.1. The topological polar surface area (TPSA) is 32.5 Å². The van der Waals surface area contributed by atoms with Gasteiger partial charge >= 0.3 is 0 Å². The van der Waals surface area contributed by atoms with Gasteiger partial charge in [0.05, 0.1) is 11.0 Å². The first-order valence-electron chi connectivity index (χ1n) is 7.34. The summed E-state index contributed by atoms with van der Waals surface area (Å²) in [5, 5.41) is 0. The van der Waals surface area contributed by atoms with E-state index in [0.717, 1.165) is 38.5 Å². The summed E-state index contributed by atoms with van der Waals surface area (Å²) >= 11 is 5.15. The highest BCUT2D eigenvalue weighted by Gasteiger charge is 2.24. The van der Waals surface area contributed by atoms with Crippen LogP contribution in [0.1, 0.15) is 40.0 Å². The van der Waals surface area contributed by atoms with Gasteiger partial charge in [-0.1, -0.05) is 39.4 Å². The number of rotatable bonds is 7. The van der Waals surface area contributed by atoms with Crippen LogP contribution in [0.4, 0.5) is 0 Å².